The molecule has 0 aliphatic heterocycles. The van der Waals surface area contributed by atoms with Gasteiger partial charge in [-0.3, -0.25) is 14.3 Å². The minimum atomic E-state index is -0.973. The summed E-state index contributed by atoms with van der Waals surface area (Å²) < 4.78 is 30.7. The second-order valence-corrected chi connectivity index (χ2v) is 7.69. The van der Waals surface area contributed by atoms with Crippen molar-refractivity contribution in [2.24, 2.45) is 11.5 Å². The normalized spacial score (nSPS) is 10.9. The number of carbonyl (C=O) groups excluding carboxylic acids is 2. The number of hydrogen-bond acceptors (Lipinski definition) is 5. The molecular weight excluding hydrogens is 442 g/mol. The topological polar surface area (TPSA) is 141 Å². The maximum absolute atomic E-state index is 14.8. The van der Waals surface area contributed by atoms with Crippen LogP contribution in [0.15, 0.2) is 36.4 Å². The van der Waals surface area contributed by atoms with E-state index in [2.05, 4.69) is 10.1 Å². The van der Waals surface area contributed by atoms with Gasteiger partial charge in [-0.05, 0) is 38.1 Å². The maximum atomic E-state index is 14.8. The standard InChI is InChI=1S/C24H18F2N6O2/c1-11-18(12(2)32(31-11)10-14-7-6-13(9-27)8-16(14)26)20-21(23(28)33)19-15(25)4-3-5-17(19)30-22(20)24(29)34/h3-8H,10H2,1-2H3,(H2,28,33)(H2,29,34). The van der Waals surface area contributed by atoms with Crippen LogP contribution in [-0.4, -0.2) is 26.6 Å². The van der Waals surface area contributed by atoms with E-state index in [9.17, 15) is 18.4 Å². The Morgan fingerprint density at radius 3 is 2.41 bits per heavy atom. The molecule has 2 aromatic carbocycles. The van der Waals surface area contributed by atoms with Gasteiger partial charge in [0.15, 0.2) is 0 Å². The first-order valence-corrected chi connectivity index (χ1v) is 10.1. The Balaban J connectivity index is 2.00. The molecule has 10 heteroatoms. The molecule has 0 saturated carbocycles. The molecule has 0 aliphatic rings. The monoisotopic (exact) mass is 460 g/mol. The van der Waals surface area contributed by atoms with E-state index in [0.717, 1.165) is 12.1 Å². The number of nitriles is 1. The molecule has 8 nitrogen and oxygen atoms in total. The van der Waals surface area contributed by atoms with Crippen molar-refractivity contribution < 1.29 is 18.4 Å². The van der Waals surface area contributed by atoms with Crippen molar-refractivity contribution in [1.82, 2.24) is 14.8 Å². The van der Waals surface area contributed by atoms with Crippen LogP contribution in [0.1, 0.15) is 43.4 Å². The molecule has 2 amide bonds. The van der Waals surface area contributed by atoms with Gasteiger partial charge in [0.2, 0.25) is 5.91 Å². The summed E-state index contributed by atoms with van der Waals surface area (Å²) >= 11 is 0. The molecule has 0 bridgehead atoms. The summed E-state index contributed by atoms with van der Waals surface area (Å²) in [5, 5.41) is 13.2. The van der Waals surface area contributed by atoms with Crippen LogP contribution in [-0.2, 0) is 6.54 Å². The summed E-state index contributed by atoms with van der Waals surface area (Å²) in [6.45, 7) is 3.27. The number of benzene rings is 2. The molecule has 0 unspecified atom stereocenters. The van der Waals surface area contributed by atoms with Crippen LogP contribution in [0.2, 0.25) is 0 Å². The minimum Gasteiger partial charge on any atom is -0.366 e. The van der Waals surface area contributed by atoms with E-state index < -0.39 is 23.4 Å². The van der Waals surface area contributed by atoms with Crippen molar-refractivity contribution in [3.05, 3.63) is 81.8 Å². The van der Waals surface area contributed by atoms with Gasteiger partial charge in [0.1, 0.15) is 17.3 Å². The van der Waals surface area contributed by atoms with E-state index in [0.29, 0.717) is 17.0 Å². The Morgan fingerprint density at radius 2 is 1.79 bits per heavy atom. The summed E-state index contributed by atoms with van der Waals surface area (Å²) in [7, 11) is 0. The van der Waals surface area contributed by atoms with Gasteiger partial charge in [0, 0.05) is 27.8 Å². The molecule has 2 heterocycles. The van der Waals surface area contributed by atoms with Crippen LogP contribution in [0.3, 0.4) is 0 Å². The van der Waals surface area contributed by atoms with E-state index in [1.54, 1.807) is 13.8 Å². The highest BCUT2D eigenvalue weighted by molar-refractivity contribution is 6.15. The number of pyridine rings is 1. The van der Waals surface area contributed by atoms with Gasteiger partial charge in [0.25, 0.3) is 5.91 Å². The summed E-state index contributed by atoms with van der Waals surface area (Å²) in [6.07, 6.45) is 0. The van der Waals surface area contributed by atoms with Gasteiger partial charge in [-0.2, -0.15) is 10.4 Å². The van der Waals surface area contributed by atoms with E-state index >= 15 is 0 Å². The quantitative estimate of drug-likeness (QED) is 0.471. The Morgan fingerprint density at radius 1 is 1.06 bits per heavy atom. The first-order chi connectivity index (χ1) is 16.1. The molecule has 0 radical (unpaired) electrons. The van der Waals surface area contributed by atoms with Crippen LogP contribution < -0.4 is 11.5 Å². The fourth-order valence-electron chi connectivity index (χ4n) is 4.06. The van der Waals surface area contributed by atoms with Crippen LogP contribution in [0, 0.1) is 36.8 Å². The number of amides is 2. The number of halogens is 2. The smallest absolute Gasteiger partial charge is 0.267 e. The van der Waals surface area contributed by atoms with Gasteiger partial charge in [-0.25, -0.2) is 13.8 Å². The fraction of sp³-hybridized carbons (Fsp3) is 0.125. The fourth-order valence-corrected chi connectivity index (χ4v) is 4.06. The average Bonchev–Trinajstić information content (AvgIpc) is 3.06. The number of nitrogens with two attached hydrogens (primary N) is 2. The molecule has 0 saturated heterocycles. The summed E-state index contributed by atoms with van der Waals surface area (Å²) in [5.41, 5.74) is 12.3. The minimum absolute atomic E-state index is 0.00258. The number of hydrogen-bond donors (Lipinski definition) is 2. The third-order valence-corrected chi connectivity index (χ3v) is 5.57. The number of primary amides is 2. The van der Waals surface area contributed by atoms with E-state index in [1.165, 1.54) is 28.9 Å². The number of rotatable bonds is 5. The van der Waals surface area contributed by atoms with Crippen LogP contribution in [0.4, 0.5) is 8.78 Å². The first-order valence-electron chi connectivity index (χ1n) is 10.1. The van der Waals surface area contributed by atoms with Crippen molar-refractivity contribution in [2.45, 2.75) is 20.4 Å². The molecule has 4 N–H and O–H groups in total. The number of aromatic nitrogens is 3. The molecular formula is C24H18F2N6O2. The summed E-state index contributed by atoms with van der Waals surface area (Å²) in [6, 6.07) is 9.93. The zero-order valence-electron chi connectivity index (χ0n) is 18.2. The Hall–Kier alpha value is -4.65. The predicted octanol–water partition coefficient (Wildman–Crippen LogP) is 3.11. The van der Waals surface area contributed by atoms with Gasteiger partial charge < -0.3 is 11.5 Å². The van der Waals surface area contributed by atoms with Crippen molar-refractivity contribution in [3.8, 4) is 17.2 Å². The third kappa shape index (κ3) is 3.63. The largest absolute Gasteiger partial charge is 0.366 e. The number of carbonyl (C=O) groups is 2. The molecule has 34 heavy (non-hydrogen) atoms. The van der Waals surface area contributed by atoms with Crippen LogP contribution in [0.5, 0.6) is 0 Å². The molecule has 0 aliphatic carbocycles. The molecule has 170 valence electrons. The van der Waals surface area contributed by atoms with Crippen LogP contribution >= 0.6 is 0 Å². The maximum Gasteiger partial charge on any atom is 0.267 e. The van der Waals surface area contributed by atoms with E-state index in [4.69, 9.17) is 16.7 Å². The molecule has 0 spiro atoms. The molecule has 2 aromatic heterocycles. The van der Waals surface area contributed by atoms with E-state index in [1.807, 2.05) is 6.07 Å². The van der Waals surface area contributed by atoms with Crippen LogP contribution in [0.25, 0.3) is 22.0 Å². The average molecular weight is 460 g/mol. The zero-order valence-corrected chi connectivity index (χ0v) is 18.2. The molecule has 0 fully saturated rings. The molecule has 0 atom stereocenters. The number of aryl methyl sites for hydroxylation is 1. The summed E-state index contributed by atoms with van der Waals surface area (Å²) in [5.74, 6) is -3.23. The third-order valence-electron chi connectivity index (χ3n) is 5.57. The number of fused-ring (bicyclic) bond motifs is 1. The van der Waals surface area contributed by atoms with Crippen molar-refractivity contribution in [1.29, 1.82) is 5.26 Å². The molecule has 4 aromatic rings. The van der Waals surface area contributed by atoms with Crippen molar-refractivity contribution in [3.63, 3.8) is 0 Å². The lowest BCUT2D eigenvalue weighted by molar-refractivity contribution is 0.0996. The second kappa shape index (κ2) is 8.37. The molecule has 4 rings (SSSR count). The van der Waals surface area contributed by atoms with Gasteiger partial charge in [-0.15, -0.1) is 0 Å². The van der Waals surface area contributed by atoms with Gasteiger partial charge in [0.05, 0.1) is 35.0 Å². The highest BCUT2D eigenvalue weighted by Crippen LogP contribution is 2.37. The van der Waals surface area contributed by atoms with Crippen molar-refractivity contribution in [2.75, 3.05) is 0 Å². The summed E-state index contributed by atoms with van der Waals surface area (Å²) in [4.78, 5) is 29.1. The van der Waals surface area contributed by atoms with E-state index in [-0.39, 0.29) is 45.4 Å². The van der Waals surface area contributed by atoms with Gasteiger partial charge in [-0.1, -0.05) is 12.1 Å². The Bertz CT molecular complexity index is 1550. The Labute approximate surface area is 192 Å². The highest BCUT2D eigenvalue weighted by atomic mass is 19.1. The lowest BCUT2D eigenvalue weighted by atomic mass is 9.92. The SMILES string of the molecule is Cc1nn(Cc2ccc(C#N)cc2F)c(C)c1-c1c(C(N)=O)nc2cccc(F)c2c1C(N)=O. The predicted molar refractivity (Wildman–Crippen MR) is 120 cm³/mol. The lowest BCUT2D eigenvalue weighted by Crippen LogP contribution is -2.21. The Kier molecular flexibility index (Phi) is 5.55. The second-order valence-electron chi connectivity index (χ2n) is 7.69. The van der Waals surface area contributed by atoms with Crippen molar-refractivity contribution >= 4 is 22.7 Å². The highest BCUT2D eigenvalue weighted by Gasteiger charge is 2.29. The first kappa shape index (κ1) is 22.5. The zero-order chi connectivity index (χ0) is 24.7. The van der Waals surface area contributed by atoms with Gasteiger partial charge >= 0.3 is 0 Å². The number of nitrogens with zero attached hydrogens (tertiary/aromatic N) is 4. The lowest BCUT2D eigenvalue weighted by Gasteiger charge is -2.15.